The van der Waals surface area contributed by atoms with E-state index in [2.05, 4.69) is 15.0 Å². The molecule has 1 aliphatic heterocycles. The van der Waals surface area contributed by atoms with Crippen molar-refractivity contribution in [1.82, 2.24) is 15.0 Å². The number of hydrogen-bond acceptors (Lipinski definition) is 5. The molecule has 0 saturated carbocycles. The first-order chi connectivity index (χ1) is 7.59. The zero-order valence-electron chi connectivity index (χ0n) is 9.94. The Bertz CT molecular complexity index is 339. The number of piperidine rings is 1. The number of aliphatic hydroxyl groups is 1. The van der Waals surface area contributed by atoms with Crippen molar-refractivity contribution in [2.45, 2.75) is 45.3 Å². The second kappa shape index (κ2) is 4.51. The van der Waals surface area contributed by atoms with Gasteiger partial charge in [0.25, 0.3) is 0 Å². The zero-order valence-corrected chi connectivity index (χ0v) is 9.94. The summed E-state index contributed by atoms with van der Waals surface area (Å²) in [5.41, 5.74) is -0.498. The summed E-state index contributed by atoms with van der Waals surface area (Å²) in [6, 6.07) is 0. The van der Waals surface area contributed by atoms with E-state index in [1.54, 1.807) is 0 Å². The van der Waals surface area contributed by atoms with Crippen LogP contribution < -0.4 is 0 Å². The molecule has 0 aromatic carbocycles. The summed E-state index contributed by atoms with van der Waals surface area (Å²) in [4.78, 5) is 6.53. The Morgan fingerprint density at radius 3 is 2.69 bits per heavy atom. The van der Waals surface area contributed by atoms with Crippen LogP contribution in [-0.2, 0) is 13.0 Å². The summed E-state index contributed by atoms with van der Waals surface area (Å²) in [6.07, 6.45) is 2.40. The lowest BCUT2D eigenvalue weighted by atomic mass is 9.94. The van der Waals surface area contributed by atoms with Crippen molar-refractivity contribution in [2.24, 2.45) is 0 Å². The van der Waals surface area contributed by atoms with Gasteiger partial charge in [-0.3, -0.25) is 4.90 Å². The van der Waals surface area contributed by atoms with Crippen LogP contribution in [0.2, 0.25) is 0 Å². The van der Waals surface area contributed by atoms with E-state index in [0.29, 0.717) is 5.89 Å². The van der Waals surface area contributed by atoms with Gasteiger partial charge in [0, 0.05) is 19.5 Å². The highest BCUT2D eigenvalue weighted by molar-refractivity contribution is 4.88. The maximum Gasteiger partial charge on any atom is 0.226 e. The van der Waals surface area contributed by atoms with Gasteiger partial charge in [0.2, 0.25) is 5.89 Å². The van der Waals surface area contributed by atoms with Crippen LogP contribution in [0.15, 0.2) is 4.52 Å². The minimum Gasteiger partial charge on any atom is -0.390 e. The Balaban J connectivity index is 1.87. The molecule has 1 aromatic rings. The fourth-order valence-electron chi connectivity index (χ4n) is 1.89. The third-order valence-electron chi connectivity index (χ3n) is 3.11. The monoisotopic (exact) mass is 225 g/mol. The summed E-state index contributed by atoms with van der Waals surface area (Å²) >= 11 is 0. The fourth-order valence-corrected chi connectivity index (χ4v) is 1.89. The molecule has 2 rings (SSSR count). The molecule has 0 spiro atoms. The molecule has 5 heteroatoms. The highest BCUT2D eigenvalue weighted by Gasteiger charge is 2.27. The number of nitrogens with zero attached hydrogens (tertiary/aromatic N) is 3. The molecule has 0 atom stereocenters. The van der Waals surface area contributed by atoms with Crippen molar-refractivity contribution >= 4 is 0 Å². The number of aryl methyl sites for hydroxylation is 1. The van der Waals surface area contributed by atoms with E-state index in [1.807, 2.05) is 13.8 Å². The lowest BCUT2D eigenvalue weighted by Gasteiger charge is -2.35. The minimum absolute atomic E-state index is 0.498. The number of aromatic nitrogens is 2. The maximum absolute atomic E-state index is 9.82. The molecule has 0 bridgehead atoms. The van der Waals surface area contributed by atoms with Crippen molar-refractivity contribution in [1.29, 1.82) is 0 Å². The molecule has 90 valence electrons. The van der Waals surface area contributed by atoms with Crippen LogP contribution in [0.1, 0.15) is 38.4 Å². The fraction of sp³-hybridized carbons (Fsp3) is 0.818. The van der Waals surface area contributed by atoms with Gasteiger partial charge in [-0.2, -0.15) is 4.98 Å². The molecule has 0 radical (unpaired) electrons. The third kappa shape index (κ3) is 2.80. The molecule has 1 saturated heterocycles. The first-order valence-corrected chi connectivity index (χ1v) is 5.85. The van der Waals surface area contributed by atoms with E-state index in [4.69, 9.17) is 4.52 Å². The molecule has 1 N–H and O–H groups in total. The Morgan fingerprint density at radius 1 is 1.44 bits per heavy atom. The van der Waals surface area contributed by atoms with E-state index < -0.39 is 5.60 Å². The third-order valence-corrected chi connectivity index (χ3v) is 3.11. The quantitative estimate of drug-likeness (QED) is 0.830. The average molecular weight is 225 g/mol. The molecule has 2 heterocycles. The zero-order chi connectivity index (χ0) is 11.6. The number of likely N-dealkylation sites (tertiary alicyclic amines) is 1. The van der Waals surface area contributed by atoms with Gasteiger partial charge in [0.05, 0.1) is 12.1 Å². The molecule has 0 amide bonds. The molecule has 16 heavy (non-hydrogen) atoms. The van der Waals surface area contributed by atoms with Gasteiger partial charge in [-0.1, -0.05) is 12.1 Å². The van der Waals surface area contributed by atoms with Crippen LogP contribution in [0.5, 0.6) is 0 Å². The largest absolute Gasteiger partial charge is 0.390 e. The minimum atomic E-state index is -0.498. The van der Waals surface area contributed by atoms with Gasteiger partial charge < -0.3 is 9.63 Å². The van der Waals surface area contributed by atoms with Crippen molar-refractivity contribution in [2.75, 3.05) is 13.1 Å². The normalized spacial score (nSPS) is 21.2. The number of rotatable bonds is 3. The molecule has 5 nitrogen and oxygen atoms in total. The molecule has 1 aliphatic rings. The van der Waals surface area contributed by atoms with Crippen molar-refractivity contribution < 1.29 is 9.63 Å². The van der Waals surface area contributed by atoms with Gasteiger partial charge in [0.1, 0.15) is 0 Å². The Kier molecular flexibility index (Phi) is 3.25. The lowest BCUT2D eigenvalue weighted by Crippen LogP contribution is -2.42. The maximum atomic E-state index is 9.82. The summed E-state index contributed by atoms with van der Waals surface area (Å²) in [5.74, 6) is 1.44. The SMILES string of the molecule is CCc1nc(CN2CCC(C)(O)CC2)no1. The summed E-state index contributed by atoms with van der Waals surface area (Å²) < 4.78 is 5.06. The van der Waals surface area contributed by atoms with Crippen molar-refractivity contribution in [3.63, 3.8) is 0 Å². The molecule has 1 aromatic heterocycles. The second-order valence-corrected chi connectivity index (χ2v) is 4.73. The Morgan fingerprint density at radius 2 is 2.12 bits per heavy atom. The highest BCUT2D eigenvalue weighted by atomic mass is 16.5. The number of hydrogen-bond donors (Lipinski definition) is 1. The van der Waals surface area contributed by atoms with E-state index >= 15 is 0 Å². The summed E-state index contributed by atoms with van der Waals surface area (Å²) in [5, 5.41) is 13.8. The Hall–Kier alpha value is -0.940. The predicted molar refractivity (Wildman–Crippen MR) is 58.8 cm³/mol. The van der Waals surface area contributed by atoms with Crippen LogP contribution in [0.4, 0.5) is 0 Å². The predicted octanol–water partition coefficient (Wildman–Crippen LogP) is 0.979. The van der Waals surface area contributed by atoms with E-state index in [-0.39, 0.29) is 0 Å². The molecular formula is C11H19N3O2. The molecule has 0 aliphatic carbocycles. The topological polar surface area (TPSA) is 62.4 Å². The van der Waals surface area contributed by atoms with Crippen LogP contribution in [0.25, 0.3) is 0 Å². The van der Waals surface area contributed by atoms with Crippen molar-refractivity contribution in [3.8, 4) is 0 Å². The second-order valence-electron chi connectivity index (χ2n) is 4.73. The van der Waals surface area contributed by atoms with E-state index in [9.17, 15) is 5.11 Å². The lowest BCUT2D eigenvalue weighted by molar-refractivity contribution is -0.00799. The van der Waals surface area contributed by atoms with Crippen LogP contribution >= 0.6 is 0 Å². The Labute approximate surface area is 95.4 Å². The molecule has 0 unspecified atom stereocenters. The van der Waals surface area contributed by atoms with Gasteiger partial charge in [0.15, 0.2) is 5.82 Å². The molecule has 1 fully saturated rings. The molecular weight excluding hydrogens is 206 g/mol. The van der Waals surface area contributed by atoms with Gasteiger partial charge in [-0.05, 0) is 19.8 Å². The summed E-state index contributed by atoms with van der Waals surface area (Å²) in [7, 11) is 0. The first-order valence-electron chi connectivity index (χ1n) is 5.85. The summed E-state index contributed by atoms with van der Waals surface area (Å²) in [6.45, 7) is 6.40. The van der Waals surface area contributed by atoms with Gasteiger partial charge >= 0.3 is 0 Å². The first kappa shape index (κ1) is 11.5. The van der Waals surface area contributed by atoms with Crippen LogP contribution in [-0.4, -0.2) is 38.8 Å². The highest BCUT2D eigenvalue weighted by Crippen LogP contribution is 2.21. The smallest absolute Gasteiger partial charge is 0.226 e. The van der Waals surface area contributed by atoms with E-state index in [1.165, 1.54) is 0 Å². The average Bonchev–Trinajstić information content (AvgIpc) is 2.69. The standard InChI is InChI=1S/C11H19N3O2/c1-3-10-12-9(13-16-10)8-14-6-4-11(2,15)5-7-14/h15H,3-8H2,1-2H3. The van der Waals surface area contributed by atoms with Gasteiger partial charge in [-0.15, -0.1) is 0 Å². The van der Waals surface area contributed by atoms with E-state index in [0.717, 1.165) is 44.7 Å². The van der Waals surface area contributed by atoms with Crippen LogP contribution in [0.3, 0.4) is 0 Å². The van der Waals surface area contributed by atoms with Gasteiger partial charge in [-0.25, -0.2) is 0 Å². The van der Waals surface area contributed by atoms with Crippen LogP contribution in [0, 0.1) is 0 Å². The van der Waals surface area contributed by atoms with Crippen molar-refractivity contribution in [3.05, 3.63) is 11.7 Å².